The Labute approximate surface area is 283 Å². The molecule has 0 radical (unpaired) electrons. The molecule has 0 saturated heterocycles. The number of nitrogens with one attached hydrogen (secondary N) is 1. The summed E-state index contributed by atoms with van der Waals surface area (Å²) in [5.41, 5.74) is 1.85. The topological polar surface area (TPSA) is 131 Å². The number of carboxylic acids is 1. The van der Waals surface area contributed by atoms with Crippen LogP contribution in [-0.2, 0) is 14.3 Å². The van der Waals surface area contributed by atoms with Crippen LogP contribution in [0.4, 0.5) is 0 Å². The zero-order chi connectivity index (χ0) is 33.8. The molecule has 3 aromatic rings. The second-order valence-corrected chi connectivity index (χ2v) is 11.4. The highest BCUT2D eigenvalue weighted by Gasteiger charge is 2.27. The van der Waals surface area contributed by atoms with Crippen molar-refractivity contribution in [2.24, 2.45) is 0 Å². The predicted molar refractivity (Wildman–Crippen MR) is 182 cm³/mol. The van der Waals surface area contributed by atoms with Gasteiger partial charge in [0, 0.05) is 52.6 Å². The van der Waals surface area contributed by atoms with E-state index in [9.17, 15) is 24.6 Å². The molecule has 1 heterocycles. The van der Waals surface area contributed by atoms with Gasteiger partial charge < -0.3 is 29.7 Å². The van der Waals surface area contributed by atoms with E-state index in [1.165, 1.54) is 36.4 Å². The molecule has 1 amide bonds. The number of phenols is 1. The molecule has 3 N–H and O–H groups in total. The number of halogens is 2. The highest BCUT2D eigenvalue weighted by molar-refractivity contribution is 6.32. The highest BCUT2D eigenvalue weighted by atomic mass is 35.5. The molecule has 0 unspecified atom stereocenters. The Bertz CT molecular complexity index is 1770. The molecule has 248 valence electrons. The number of benzene rings is 3. The zero-order valence-corrected chi connectivity index (χ0v) is 27.5. The molecule has 3 aromatic carbocycles. The first kappa shape index (κ1) is 35.7. The van der Waals surface area contributed by atoms with Crippen LogP contribution in [-0.4, -0.2) is 67.2 Å². The van der Waals surface area contributed by atoms with Crippen LogP contribution in [0.2, 0.25) is 5.02 Å². The number of carbonyl (C=O) groups is 3. The van der Waals surface area contributed by atoms with E-state index in [2.05, 4.69) is 5.32 Å². The lowest BCUT2D eigenvalue weighted by Gasteiger charge is -2.24. The summed E-state index contributed by atoms with van der Waals surface area (Å²) in [6.45, 7) is 3.87. The second-order valence-electron chi connectivity index (χ2n) is 10.7. The van der Waals surface area contributed by atoms with Gasteiger partial charge in [-0.25, -0.2) is 4.79 Å². The number of rotatable bonds is 17. The van der Waals surface area contributed by atoms with Crippen molar-refractivity contribution in [3.05, 3.63) is 91.8 Å². The fraction of sp³-hybridized carbons (Fsp3) is 0.306. The van der Waals surface area contributed by atoms with Gasteiger partial charge in [-0.1, -0.05) is 36.6 Å². The minimum absolute atomic E-state index is 0.0336. The minimum atomic E-state index is -1.20. The molecule has 9 nitrogen and oxygen atoms in total. The summed E-state index contributed by atoms with van der Waals surface area (Å²) in [5, 5.41) is 24.7. The summed E-state index contributed by atoms with van der Waals surface area (Å²) in [7, 11) is 0. The Morgan fingerprint density at radius 3 is 2.45 bits per heavy atom. The first-order valence-electron chi connectivity index (χ1n) is 15.3. The molecule has 0 aromatic heterocycles. The van der Waals surface area contributed by atoms with Crippen LogP contribution in [0.15, 0.2) is 48.5 Å². The SMILES string of the molecule is C/C=c1/ccc2c(c1/C=C\C=O)Oc1cc(O)c(Cl)cc1C=2c1cc(C(=O)NCCOCCOCCCCCCCl)ccc1C(=O)O. The number of ether oxygens (including phenoxy) is 3. The Morgan fingerprint density at radius 2 is 1.72 bits per heavy atom. The van der Waals surface area contributed by atoms with Crippen molar-refractivity contribution >= 4 is 59.1 Å². The van der Waals surface area contributed by atoms with Gasteiger partial charge in [0.05, 0.1) is 30.4 Å². The molecule has 47 heavy (non-hydrogen) atoms. The van der Waals surface area contributed by atoms with E-state index in [1.807, 2.05) is 19.1 Å². The lowest BCUT2D eigenvalue weighted by Crippen LogP contribution is -2.28. The van der Waals surface area contributed by atoms with Crippen molar-refractivity contribution in [1.82, 2.24) is 5.32 Å². The maximum atomic E-state index is 13.2. The lowest BCUT2D eigenvalue weighted by atomic mass is 9.87. The third kappa shape index (κ3) is 9.02. The summed E-state index contributed by atoms with van der Waals surface area (Å²) in [5.74, 6) is -0.591. The van der Waals surface area contributed by atoms with Gasteiger partial charge in [0.2, 0.25) is 0 Å². The van der Waals surface area contributed by atoms with Crippen LogP contribution in [0, 0.1) is 0 Å². The number of alkyl halides is 1. The molecular weight excluding hydrogens is 645 g/mol. The summed E-state index contributed by atoms with van der Waals surface area (Å²) in [4.78, 5) is 36.9. The molecule has 0 aliphatic carbocycles. The molecule has 0 atom stereocenters. The third-order valence-corrected chi connectivity index (χ3v) is 8.11. The quantitative estimate of drug-likeness (QED) is 0.0562. The first-order chi connectivity index (χ1) is 22.8. The summed E-state index contributed by atoms with van der Waals surface area (Å²) < 4.78 is 17.4. The van der Waals surface area contributed by atoms with Crippen molar-refractivity contribution in [1.29, 1.82) is 0 Å². The van der Waals surface area contributed by atoms with Crippen LogP contribution in [0.25, 0.3) is 17.7 Å². The Morgan fingerprint density at radius 1 is 0.957 bits per heavy atom. The number of fused-ring (bicyclic) bond motifs is 2. The molecule has 0 saturated carbocycles. The van der Waals surface area contributed by atoms with Gasteiger partial charge in [0.15, 0.2) is 0 Å². The normalized spacial score (nSPS) is 12.5. The Kier molecular flexibility index (Phi) is 13.4. The van der Waals surface area contributed by atoms with Gasteiger partial charge in [-0.3, -0.25) is 9.59 Å². The number of unbranched alkanes of at least 4 members (excludes halogenated alkanes) is 3. The van der Waals surface area contributed by atoms with E-state index >= 15 is 0 Å². The van der Waals surface area contributed by atoms with E-state index in [4.69, 9.17) is 37.4 Å². The maximum absolute atomic E-state index is 13.2. The number of carbonyl (C=O) groups excluding carboxylic acids is 2. The van der Waals surface area contributed by atoms with Gasteiger partial charge in [-0.05, 0) is 73.0 Å². The molecular formula is C36H37Cl2NO8. The molecule has 0 bridgehead atoms. The summed E-state index contributed by atoms with van der Waals surface area (Å²) in [6, 6.07) is 10.8. The number of aromatic hydroxyl groups is 1. The van der Waals surface area contributed by atoms with Crippen LogP contribution in [0.3, 0.4) is 0 Å². The number of hydrogen-bond acceptors (Lipinski definition) is 7. The van der Waals surface area contributed by atoms with Crippen LogP contribution < -0.4 is 20.5 Å². The van der Waals surface area contributed by atoms with E-state index in [0.29, 0.717) is 59.7 Å². The largest absolute Gasteiger partial charge is 0.506 e. The highest BCUT2D eigenvalue weighted by Crippen LogP contribution is 2.42. The molecule has 1 aliphatic heterocycles. The number of amides is 1. The van der Waals surface area contributed by atoms with E-state index < -0.39 is 11.9 Å². The number of allylic oxidation sites excluding steroid dienone is 1. The lowest BCUT2D eigenvalue weighted by molar-refractivity contribution is -0.104. The number of carboxylic acid groups (broad SMARTS) is 1. The van der Waals surface area contributed by atoms with Crippen molar-refractivity contribution in [3.63, 3.8) is 0 Å². The molecule has 11 heteroatoms. The molecule has 1 aliphatic rings. The van der Waals surface area contributed by atoms with Gasteiger partial charge >= 0.3 is 5.97 Å². The predicted octanol–water partition coefficient (Wildman–Crippen LogP) is 5.67. The van der Waals surface area contributed by atoms with Crippen molar-refractivity contribution in [3.8, 4) is 17.2 Å². The van der Waals surface area contributed by atoms with Crippen molar-refractivity contribution in [2.45, 2.75) is 32.6 Å². The van der Waals surface area contributed by atoms with Crippen LogP contribution >= 0.6 is 23.2 Å². The van der Waals surface area contributed by atoms with E-state index in [0.717, 1.165) is 30.9 Å². The number of hydrogen-bond donors (Lipinski definition) is 3. The van der Waals surface area contributed by atoms with Crippen molar-refractivity contribution < 1.29 is 38.8 Å². The van der Waals surface area contributed by atoms with E-state index in [1.54, 1.807) is 12.1 Å². The first-order valence-corrected chi connectivity index (χ1v) is 16.3. The number of aldehydes is 1. The molecule has 4 rings (SSSR count). The van der Waals surface area contributed by atoms with Gasteiger partial charge in [0.1, 0.15) is 23.5 Å². The summed E-state index contributed by atoms with van der Waals surface area (Å²) in [6.07, 6.45) is 9.58. The summed E-state index contributed by atoms with van der Waals surface area (Å²) >= 11 is 12.0. The van der Waals surface area contributed by atoms with Crippen LogP contribution in [0.5, 0.6) is 17.2 Å². The zero-order valence-electron chi connectivity index (χ0n) is 26.0. The standard InChI is InChI=1S/C36H37Cl2NO8/c1-2-23-9-12-27-33(29-21-30(38)31(41)22-32(29)47-34(27)25(23)8-7-15-40)28-20-24(10-11-26(28)36(43)44)35(42)39-14-17-46-19-18-45-16-6-4-3-5-13-37/h2,7-12,15,20-22,41H,3-6,13-14,16-19H2,1H3,(H,39,42)(H,43,44)/b8-7-,23-2-. The average Bonchev–Trinajstić information content (AvgIpc) is 3.06. The fourth-order valence-corrected chi connectivity index (χ4v) is 5.59. The van der Waals surface area contributed by atoms with Gasteiger partial charge in [0.25, 0.3) is 5.91 Å². The fourth-order valence-electron chi connectivity index (χ4n) is 5.24. The average molecular weight is 683 g/mol. The Balaban J connectivity index is 1.62. The van der Waals surface area contributed by atoms with Gasteiger partial charge in [-0.2, -0.15) is 0 Å². The minimum Gasteiger partial charge on any atom is -0.506 e. The van der Waals surface area contributed by atoms with Crippen molar-refractivity contribution in [2.75, 3.05) is 38.9 Å². The maximum Gasteiger partial charge on any atom is 0.336 e. The number of phenolic OH excluding ortho intramolecular Hbond substituents is 1. The number of aromatic carboxylic acids is 1. The van der Waals surface area contributed by atoms with Crippen LogP contribution in [0.1, 0.15) is 70.0 Å². The monoisotopic (exact) mass is 681 g/mol. The molecule has 0 spiro atoms. The van der Waals surface area contributed by atoms with Gasteiger partial charge in [-0.15, -0.1) is 11.6 Å². The smallest absolute Gasteiger partial charge is 0.336 e. The molecule has 0 fully saturated rings. The second kappa shape index (κ2) is 17.7. The Hall–Kier alpha value is -4.15. The third-order valence-electron chi connectivity index (χ3n) is 7.54. The van der Waals surface area contributed by atoms with E-state index in [-0.39, 0.29) is 46.4 Å².